The van der Waals surface area contributed by atoms with Gasteiger partial charge < -0.3 is 4.90 Å². The van der Waals surface area contributed by atoms with Crippen molar-refractivity contribution in [2.45, 2.75) is 19.4 Å². The average Bonchev–Trinajstić information content (AvgIpc) is 3.47. The van der Waals surface area contributed by atoms with Crippen molar-refractivity contribution in [1.29, 1.82) is 5.26 Å². The molecule has 0 N–H and O–H groups in total. The van der Waals surface area contributed by atoms with Crippen molar-refractivity contribution < 1.29 is 0 Å². The Balaban J connectivity index is 1.39. The Morgan fingerprint density at radius 1 is 0.935 bits per heavy atom. The highest BCUT2D eigenvalue weighted by atomic mass is 16.1. The van der Waals surface area contributed by atoms with Gasteiger partial charge in [0, 0.05) is 29.9 Å². The molecule has 3 heterocycles. The maximum Gasteiger partial charge on any atom is 0.255 e. The largest absolute Gasteiger partial charge is 0.301 e. The third kappa shape index (κ3) is 3.88. The summed E-state index contributed by atoms with van der Waals surface area (Å²) in [7, 11) is 0. The molecular formula is C25H23N5O. The van der Waals surface area contributed by atoms with Crippen LogP contribution < -0.4 is 5.56 Å². The van der Waals surface area contributed by atoms with Gasteiger partial charge in [0.25, 0.3) is 5.56 Å². The van der Waals surface area contributed by atoms with Gasteiger partial charge in [-0.05, 0) is 73.5 Å². The zero-order valence-electron chi connectivity index (χ0n) is 17.2. The Kier molecular flexibility index (Phi) is 5.11. The number of nitrogens with zero attached hydrogens (tertiary/aromatic N) is 5. The van der Waals surface area contributed by atoms with Gasteiger partial charge in [-0.25, -0.2) is 0 Å². The van der Waals surface area contributed by atoms with E-state index in [0.29, 0.717) is 5.56 Å². The number of hydrogen-bond acceptors (Lipinski definition) is 4. The van der Waals surface area contributed by atoms with Gasteiger partial charge in [-0.3, -0.25) is 14.0 Å². The van der Waals surface area contributed by atoms with E-state index in [1.54, 1.807) is 29.0 Å². The molecule has 0 aliphatic carbocycles. The molecule has 0 atom stereocenters. The van der Waals surface area contributed by atoms with Crippen LogP contribution in [0, 0.1) is 11.3 Å². The number of likely N-dealkylation sites (tertiary alicyclic amines) is 1. The molecule has 6 nitrogen and oxygen atoms in total. The van der Waals surface area contributed by atoms with E-state index >= 15 is 0 Å². The summed E-state index contributed by atoms with van der Waals surface area (Å²) in [5.41, 5.74) is 4.17. The van der Waals surface area contributed by atoms with Gasteiger partial charge in [-0.2, -0.15) is 10.4 Å². The van der Waals surface area contributed by atoms with E-state index in [1.165, 1.54) is 25.9 Å². The van der Waals surface area contributed by atoms with E-state index in [1.807, 2.05) is 47.3 Å². The fourth-order valence-corrected chi connectivity index (χ4v) is 4.25. The van der Waals surface area contributed by atoms with E-state index in [0.717, 1.165) is 40.8 Å². The van der Waals surface area contributed by atoms with E-state index < -0.39 is 0 Å². The first-order valence-electron chi connectivity index (χ1n) is 10.6. The molecule has 5 rings (SSSR count). The second kappa shape index (κ2) is 8.21. The minimum absolute atomic E-state index is 0.0948. The van der Waals surface area contributed by atoms with Gasteiger partial charge in [0.2, 0.25) is 0 Å². The molecule has 4 aromatic rings. The summed E-state index contributed by atoms with van der Waals surface area (Å²) < 4.78 is 3.70. The number of aromatic nitrogens is 3. The quantitative estimate of drug-likeness (QED) is 0.503. The van der Waals surface area contributed by atoms with Crippen LogP contribution in [0.5, 0.6) is 0 Å². The average molecular weight is 409 g/mol. The molecule has 0 radical (unpaired) electrons. The van der Waals surface area contributed by atoms with Gasteiger partial charge in [-0.1, -0.05) is 12.1 Å². The highest BCUT2D eigenvalue weighted by Gasteiger charge is 2.12. The first-order valence-corrected chi connectivity index (χ1v) is 10.6. The van der Waals surface area contributed by atoms with Crippen molar-refractivity contribution in [3.63, 3.8) is 0 Å². The van der Waals surface area contributed by atoms with E-state index in [2.05, 4.69) is 16.1 Å². The van der Waals surface area contributed by atoms with Crippen molar-refractivity contribution in [3.05, 3.63) is 82.9 Å². The monoisotopic (exact) mass is 409 g/mol. The molecule has 2 aromatic carbocycles. The number of rotatable bonds is 5. The van der Waals surface area contributed by atoms with E-state index in [4.69, 9.17) is 5.26 Å². The molecule has 0 unspecified atom stereocenters. The molecule has 6 heteroatoms. The summed E-state index contributed by atoms with van der Waals surface area (Å²) in [6.07, 6.45) is 6.26. The van der Waals surface area contributed by atoms with E-state index in [9.17, 15) is 4.79 Å². The molecule has 1 fully saturated rings. The molecular weight excluding hydrogens is 386 g/mol. The molecule has 0 amide bonds. The Bertz CT molecular complexity index is 1320. The summed E-state index contributed by atoms with van der Waals surface area (Å²) in [5.74, 6) is 0. The van der Waals surface area contributed by atoms with Gasteiger partial charge >= 0.3 is 0 Å². The Labute approximate surface area is 180 Å². The normalized spacial score (nSPS) is 14.2. The number of pyridine rings is 1. The minimum atomic E-state index is -0.0948. The van der Waals surface area contributed by atoms with Crippen LogP contribution >= 0.6 is 0 Å². The molecule has 1 aliphatic rings. The molecule has 154 valence electrons. The highest BCUT2D eigenvalue weighted by molar-refractivity contribution is 5.81. The number of hydrogen-bond donors (Lipinski definition) is 0. The molecule has 31 heavy (non-hydrogen) atoms. The first-order chi connectivity index (χ1) is 15.2. The molecule has 0 bridgehead atoms. The van der Waals surface area contributed by atoms with Crippen LogP contribution in [0.1, 0.15) is 18.4 Å². The van der Waals surface area contributed by atoms with Crippen LogP contribution in [0.3, 0.4) is 0 Å². The fourth-order valence-electron chi connectivity index (χ4n) is 4.25. The van der Waals surface area contributed by atoms with Crippen molar-refractivity contribution in [2.75, 3.05) is 19.6 Å². The summed E-state index contributed by atoms with van der Waals surface area (Å²) in [5, 5.41) is 14.5. The third-order valence-electron chi connectivity index (χ3n) is 6.00. The number of fused-ring (bicyclic) bond motifs is 1. The molecule has 0 saturated carbocycles. The predicted molar refractivity (Wildman–Crippen MR) is 121 cm³/mol. The SMILES string of the molecule is N#Cc1ccc(-c2ccn(-c3ccc4c(cnn4CCN4CCCC4)c3)c(=O)c2)cc1. The maximum atomic E-state index is 12.8. The summed E-state index contributed by atoms with van der Waals surface area (Å²) in [6.45, 7) is 4.27. The predicted octanol–water partition coefficient (Wildman–Crippen LogP) is 3.82. The standard InChI is InChI=1S/C25H23N5O/c26-17-19-3-5-20(6-4-19)21-9-12-29(25(31)16-21)23-7-8-24-22(15-23)18-27-30(24)14-13-28-10-1-2-11-28/h3-9,12,15-16,18H,1-2,10-11,13-14H2. The van der Waals surface area contributed by atoms with Crippen LogP contribution in [0.4, 0.5) is 0 Å². The van der Waals surface area contributed by atoms with Crippen molar-refractivity contribution >= 4 is 10.9 Å². The maximum absolute atomic E-state index is 12.8. The van der Waals surface area contributed by atoms with Crippen LogP contribution in [-0.4, -0.2) is 38.9 Å². The fraction of sp³-hybridized carbons (Fsp3) is 0.240. The summed E-state index contributed by atoms with van der Waals surface area (Å²) >= 11 is 0. The Morgan fingerprint density at radius 3 is 2.48 bits per heavy atom. The zero-order chi connectivity index (χ0) is 21.2. The topological polar surface area (TPSA) is 66.8 Å². The zero-order valence-corrected chi connectivity index (χ0v) is 17.2. The number of benzene rings is 2. The summed E-state index contributed by atoms with van der Waals surface area (Å²) in [6, 6.07) is 18.9. The first kappa shape index (κ1) is 19.3. The van der Waals surface area contributed by atoms with Crippen LogP contribution in [0.25, 0.3) is 27.7 Å². The van der Waals surface area contributed by atoms with Crippen molar-refractivity contribution in [1.82, 2.24) is 19.2 Å². The van der Waals surface area contributed by atoms with Crippen LogP contribution in [-0.2, 0) is 6.54 Å². The lowest BCUT2D eigenvalue weighted by molar-refractivity contribution is 0.318. The van der Waals surface area contributed by atoms with Gasteiger partial charge in [-0.15, -0.1) is 0 Å². The second-order valence-corrected chi connectivity index (χ2v) is 7.97. The molecule has 0 spiro atoms. The lowest BCUT2D eigenvalue weighted by Gasteiger charge is -2.14. The Hall–Kier alpha value is -3.69. The smallest absolute Gasteiger partial charge is 0.255 e. The van der Waals surface area contributed by atoms with E-state index in [-0.39, 0.29) is 5.56 Å². The van der Waals surface area contributed by atoms with Gasteiger partial charge in [0.1, 0.15) is 0 Å². The van der Waals surface area contributed by atoms with Crippen molar-refractivity contribution in [2.24, 2.45) is 0 Å². The lowest BCUT2D eigenvalue weighted by atomic mass is 10.1. The van der Waals surface area contributed by atoms with Crippen molar-refractivity contribution in [3.8, 4) is 22.9 Å². The van der Waals surface area contributed by atoms with Gasteiger partial charge in [0.05, 0.1) is 29.9 Å². The lowest BCUT2D eigenvalue weighted by Crippen LogP contribution is -2.24. The molecule has 1 aliphatic heterocycles. The number of nitriles is 1. The van der Waals surface area contributed by atoms with Crippen LogP contribution in [0.2, 0.25) is 0 Å². The second-order valence-electron chi connectivity index (χ2n) is 7.97. The van der Waals surface area contributed by atoms with Crippen LogP contribution in [0.15, 0.2) is 71.8 Å². The minimum Gasteiger partial charge on any atom is -0.301 e. The summed E-state index contributed by atoms with van der Waals surface area (Å²) in [4.78, 5) is 15.3. The highest BCUT2D eigenvalue weighted by Crippen LogP contribution is 2.21. The molecule has 2 aromatic heterocycles. The van der Waals surface area contributed by atoms with Gasteiger partial charge in [0.15, 0.2) is 0 Å². The molecule has 1 saturated heterocycles. The third-order valence-corrected chi connectivity index (χ3v) is 6.00. The Morgan fingerprint density at radius 2 is 1.74 bits per heavy atom.